The number of carboxylic acids is 1. The molecule has 118 valence electrons. The first-order valence-corrected chi connectivity index (χ1v) is 7.54. The molecular formula is C13H20N2O5S. The lowest BCUT2D eigenvalue weighted by atomic mass is 9.96. The molecule has 2 rings (SSSR count). The van der Waals surface area contributed by atoms with E-state index in [4.69, 9.17) is 4.74 Å². The fraction of sp³-hybridized carbons (Fsp3) is 0.769. The van der Waals surface area contributed by atoms with Crippen molar-refractivity contribution in [1.82, 2.24) is 10.2 Å². The number of ether oxygens (including phenoxy) is 1. The van der Waals surface area contributed by atoms with Crippen molar-refractivity contribution in [3.05, 3.63) is 0 Å². The van der Waals surface area contributed by atoms with Crippen LogP contribution in [0.15, 0.2) is 0 Å². The van der Waals surface area contributed by atoms with Crippen molar-refractivity contribution in [2.24, 2.45) is 0 Å². The molecule has 21 heavy (non-hydrogen) atoms. The van der Waals surface area contributed by atoms with Crippen LogP contribution >= 0.6 is 11.8 Å². The van der Waals surface area contributed by atoms with Crippen molar-refractivity contribution in [3.8, 4) is 0 Å². The molecule has 2 N–H and O–H groups in total. The number of aliphatic carboxylic acids is 1. The Morgan fingerprint density at radius 1 is 1.38 bits per heavy atom. The van der Waals surface area contributed by atoms with Gasteiger partial charge >= 0.3 is 12.1 Å². The van der Waals surface area contributed by atoms with Crippen LogP contribution in [0.25, 0.3) is 0 Å². The summed E-state index contributed by atoms with van der Waals surface area (Å²) in [5.41, 5.74) is -0.651. The van der Waals surface area contributed by atoms with Gasteiger partial charge in [-0.15, -0.1) is 11.8 Å². The largest absolute Gasteiger partial charge is 0.480 e. The number of thioether (sulfide) groups is 1. The molecule has 0 radical (unpaired) electrons. The Balaban J connectivity index is 2.06. The predicted molar refractivity (Wildman–Crippen MR) is 76.9 cm³/mol. The van der Waals surface area contributed by atoms with E-state index in [-0.39, 0.29) is 11.3 Å². The summed E-state index contributed by atoms with van der Waals surface area (Å²) in [6.45, 7) is 8.76. The standard InChI is InChI=1S/C13H20N2O5S/c1-12(2,3)20-11(19)14-6-8(16)15-7(10(17)18)13(4,5)21-9(6)15/h6-7,9H,1-5H3,(H,14,19)(H,17,18)/t6-,7?,9-/m1/s1. The van der Waals surface area contributed by atoms with Crippen LogP contribution in [0.4, 0.5) is 4.79 Å². The van der Waals surface area contributed by atoms with Gasteiger partial charge in [-0.25, -0.2) is 9.59 Å². The fourth-order valence-electron chi connectivity index (χ4n) is 2.58. The van der Waals surface area contributed by atoms with E-state index in [1.165, 1.54) is 16.7 Å². The SMILES string of the molecule is CC(C)(C)OC(=O)N[C@@H]1C(=O)N2C(C(=O)O)C(C)(C)S[C@H]12. The minimum Gasteiger partial charge on any atom is -0.480 e. The molecule has 8 heteroatoms. The number of nitrogens with one attached hydrogen (secondary N) is 1. The summed E-state index contributed by atoms with van der Waals surface area (Å²) in [4.78, 5) is 36.5. The minimum absolute atomic E-state index is 0.360. The number of carbonyl (C=O) groups excluding carboxylic acids is 2. The van der Waals surface area contributed by atoms with Gasteiger partial charge in [0.1, 0.15) is 23.1 Å². The van der Waals surface area contributed by atoms with Crippen LogP contribution in [-0.2, 0) is 14.3 Å². The maximum absolute atomic E-state index is 12.1. The van der Waals surface area contributed by atoms with Crippen molar-refractivity contribution < 1.29 is 24.2 Å². The topological polar surface area (TPSA) is 95.9 Å². The molecule has 0 spiro atoms. The second kappa shape index (κ2) is 4.79. The van der Waals surface area contributed by atoms with Crippen molar-refractivity contribution in [2.75, 3.05) is 0 Å². The smallest absolute Gasteiger partial charge is 0.408 e. The quantitative estimate of drug-likeness (QED) is 0.739. The Morgan fingerprint density at radius 2 is 1.95 bits per heavy atom. The normalized spacial score (nSPS) is 30.4. The maximum Gasteiger partial charge on any atom is 0.408 e. The van der Waals surface area contributed by atoms with E-state index in [0.29, 0.717) is 0 Å². The van der Waals surface area contributed by atoms with Gasteiger partial charge in [-0.3, -0.25) is 4.79 Å². The second-order valence-corrected chi connectivity index (χ2v) is 8.49. The number of carboxylic acid groups (broad SMARTS) is 1. The van der Waals surface area contributed by atoms with E-state index < -0.39 is 34.5 Å². The molecule has 0 aromatic rings. The maximum atomic E-state index is 12.1. The zero-order chi connectivity index (χ0) is 16.2. The summed E-state index contributed by atoms with van der Waals surface area (Å²) >= 11 is 1.38. The molecule has 2 saturated heterocycles. The van der Waals surface area contributed by atoms with E-state index in [1.54, 1.807) is 34.6 Å². The number of hydrogen-bond donors (Lipinski definition) is 2. The molecule has 0 bridgehead atoms. The van der Waals surface area contributed by atoms with Crippen molar-refractivity contribution in [3.63, 3.8) is 0 Å². The van der Waals surface area contributed by atoms with Gasteiger partial charge in [0.25, 0.3) is 0 Å². The van der Waals surface area contributed by atoms with E-state index in [1.807, 2.05) is 0 Å². The highest BCUT2D eigenvalue weighted by Gasteiger charge is 2.64. The van der Waals surface area contributed by atoms with Gasteiger partial charge in [-0.1, -0.05) is 0 Å². The lowest BCUT2D eigenvalue weighted by Gasteiger charge is -2.43. The highest BCUT2D eigenvalue weighted by molar-refractivity contribution is 8.01. The van der Waals surface area contributed by atoms with Crippen LogP contribution in [0.2, 0.25) is 0 Å². The van der Waals surface area contributed by atoms with Crippen molar-refractivity contribution in [1.29, 1.82) is 0 Å². The average Bonchev–Trinajstić information content (AvgIpc) is 2.52. The lowest BCUT2D eigenvalue weighted by Crippen LogP contribution is -2.70. The summed E-state index contributed by atoms with van der Waals surface area (Å²) in [6, 6.07) is -1.61. The summed E-state index contributed by atoms with van der Waals surface area (Å²) in [5.74, 6) is -1.41. The van der Waals surface area contributed by atoms with E-state index >= 15 is 0 Å². The third-order valence-electron chi connectivity index (χ3n) is 3.35. The van der Waals surface area contributed by atoms with E-state index in [0.717, 1.165) is 0 Å². The molecule has 2 amide bonds. The molecule has 2 fully saturated rings. The van der Waals surface area contributed by atoms with Crippen molar-refractivity contribution in [2.45, 2.75) is 62.4 Å². The summed E-state index contributed by atoms with van der Waals surface area (Å²) < 4.78 is 4.52. The van der Waals surface area contributed by atoms with Crippen LogP contribution in [-0.4, -0.2) is 55.8 Å². The van der Waals surface area contributed by atoms with E-state index in [2.05, 4.69) is 5.32 Å². The van der Waals surface area contributed by atoms with Crippen LogP contribution in [0, 0.1) is 0 Å². The molecule has 1 unspecified atom stereocenters. The van der Waals surface area contributed by atoms with Crippen LogP contribution in [0.5, 0.6) is 0 Å². The first kappa shape index (κ1) is 15.9. The summed E-state index contributed by atoms with van der Waals surface area (Å²) in [6.07, 6.45) is -0.669. The van der Waals surface area contributed by atoms with Gasteiger partial charge in [0.05, 0.1) is 0 Å². The summed E-state index contributed by atoms with van der Waals surface area (Å²) in [5, 5.41) is 11.5. The highest BCUT2D eigenvalue weighted by atomic mass is 32.2. The monoisotopic (exact) mass is 316 g/mol. The Labute approximate surface area is 127 Å². The Kier molecular flexibility index (Phi) is 3.64. The highest BCUT2D eigenvalue weighted by Crippen LogP contribution is 2.50. The summed E-state index contributed by atoms with van der Waals surface area (Å²) in [7, 11) is 0. The molecule has 2 heterocycles. The number of alkyl carbamates (subject to hydrolysis) is 1. The van der Waals surface area contributed by atoms with Gasteiger partial charge in [0, 0.05) is 4.75 Å². The van der Waals surface area contributed by atoms with Gasteiger partial charge in [-0.05, 0) is 34.6 Å². The van der Waals surface area contributed by atoms with Gasteiger partial charge in [0.2, 0.25) is 5.91 Å². The number of hydrogen-bond acceptors (Lipinski definition) is 5. The zero-order valence-electron chi connectivity index (χ0n) is 12.7. The number of rotatable bonds is 2. The molecule has 0 saturated carbocycles. The minimum atomic E-state index is -1.03. The van der Waals surface area contributed by atoms with Crippen LogP contribution in [0.3, 0.4) is 0 Å². The van der Waals surface area contributed by atoms with E-state index in [9.17, 15) is 19.5 Å². The number of β-lactam (4-membered cyclic amide) rings is 1. The Morgan fingerprint density at radius 3 is 2.43 bits per heavy atom. The van der Waals surface area contributed by atoms with Crippen molar-refractivity contribution >= 4 is 29.7 Å². The molecule has 3 atom stereocenters. The van der Waals surface area contributed by atoms with Crippen LogP contribution < -0.4 is 5.32 Å². The molecule has 0 aliphatic carbocycles. The van der Waals surface area contributed by atoms with Gasteiger partial charge < -0.3 is 20.1 Å². The Hall–Kier alpha value is -1.44. The van der Waals surface area contributed by atoms with Crippen LogP contribution in [0.1, 0.15) is 34.6 Å². The first-order valence-electron chi connectivity index (χ1n) is 6.66. The fourth-order valence-corrected chi connectivity index (χ4v) is 4.21. The molecule has 2 aliphatic rings. The molecule has 0 aromatic carbocycles. The second-order valence-electron chi connectivity index (χ2n) is 6.72. The Bertz CT molecular complexity index is 499. The lowest BCUT2D eigenvalue weighted by molar-refractivity contribution is -0.160. The molecule has 0 aromatic heterocycles. The molecule has 2 aliphatic heterocycles. The van der Waals surface area contributed by atoms with Gasteiger partial charge in [-0.2, -0.15) is 0 Å². The number of amides is 2. The third-order valence-corrected chi connectivity index (χ3v) is 4.92. The molecular weight excluding hydrogens is 296 g/mol. The third kappa shape index (κ3) is 2.81. The van der Waals surface area contributed by atoms with Gasteiger partial charge in [0.15, 0.2) is 0 Å². The number of nitrogens with zero attached hydrogens (tertiary/aromatic N) is 1. The zero-order valence-corrected chi connectivity index (χ0v) is 13.5. The first-order chi connectivity index (χ1) is 9.44. The number of fused-ring (bicyclic) bond motifs is 1. The predicted octanol–water partition coefficient (Wildman–Crippen LogP) is 1.03. The number of carbonyl (C=O) groups is 3. The molecule has 7 nitrogen and oxygen atoms in total. The average molecular weight is 316 g/mol.